The number of thioether (sulfide) groups is 1. The molecule has 0 radical (unpaired) electrons. The lowest BCUT2D eigenvalue weighted by molar-refractivity contribution is -0.119. The van der Waals surface area contributed by atoms with Crippen molar-refractivity contribution in [2.75, 3.05) is 5.75 Å². The molecule has 8 heteroatoms. The molecule has 0 saturated carbocycles. The van der Waals surface area contributed by atoms with E-state index in [1.165, 1.54) is 28.5 Å². The lowest BCUT2D eigenvalue weighted by Gasteiger charge is -2.14. The number of rotatable bonds is 6. The summed E-state index contributed by atoms with van der Waals surface area (Å²) < 4.78 is 2.75. The summed E-state index contributed by atoms with van der Waals surface area (Å²) >= 11 is 2.90. The number of carbonyl (C=O) groups is 1. The van der Waals surface area contributed by atoms with Gasteiger partial charge in [0.25, 0.3) is 0 Å². The molecule has 0 aliphatic carbocycles. The number of amides is 1. The van der Waals surface area contributed by atoms with Crippen LogP contribution in [0, 0.1) is 13.8 Å². The van der Waals surface area contributed by atoms with Crippen LogP contribution in [-0.2, 0) is 4.79 Å². The molecule has 0 aliphatic rings. The minimum absolute atomic E-state index is 0.0346. The zero-order chi connectivity index (χ0) is 20.4. The fourth-order valence-electron chi connectivity index (χ4n) is 3.31. The van der Waals surface area contributed by atoms with Crippen molar-refractivity contribution in [3.8, 4) is 5.69 Å². The molecule has 1 N–H and O–H groups in total. The number of fused-ring (bicyclic) bond motifs is 1. The maximum absolute atomic E-state index is 12.4. The van der Waals surface area contributed by atoms with Crippen LogP contribution in [0.3, 0.4) is 0 Å². The first-order chi connectivity index (χ1) is 14.0. The zero-order valence-corrected chi connectivity index (χ0v) is 18.0. The van der Waals surface area contributed by atoms with Crippen LogP contribution < -0.4 is 5.32 Å². The van der Waals surface area contributed by atoms with Gasteiger partial charge < -0.3 is 5.32 Å². The molecule has 0 aliphatic heterocycles. The van der Waals surface area contributed by atoms with Crippen molar-refractivity contribution < 1.29 is 4.79 Å². The average Bonchev–Trinajstić information content (AvgIpc) is 3.31. The molecule has 6 nitrogen and oxygen atoms in total. The Labute approximate surface area is 177 Å². The zero-order valence-electron chi connectivity index (χ0n) is 16.4. The van der Waals surface area contributed by atoms with Crippen molar-refractivity contribution in [3.05, 3.63) is 64.9 Å². The van der Waals surface area contributed by atoms with Gasteiger partial charge in [-0.1, -0.05) is 59.5 Å². The Morgan fingerprint density at radius 1 is 1.17 bits per heavy atom. The number of nitrogens with one attached hydrogen (secondary N) is 1. The van der Waals surface area contributed by atoms with Gasteiger partial charge in [-0.25, -0.2) is 4.68 Å². The van der Waals surface area contributed by atoms with Crippen LogP contribution in [0.25, 0.3) is 16.5 Å². The standard InChI is InChI=1S/C21H21N5OS2/c1-13(23-20(27)12-28-21-25-24-15(3)29-21)18-11-22-26(14(18)2)19-10-6-8-16-7-4-5-9-17(16)19/h4-11,13H,12H2,1-3H3,(H,23,27)/t13-/m1/s1. The first kappa shape index (κ1) is 19.6. The van der Waals surface area contributed by atoms with Crippen LogP contribution in [0.2, 0.25) is 0 Å². The SMILES string of the molecule is Cc1nnc(SCC(=O)N[C@H](C)c2cnn(-c3cccc4ccccc34)c2C)s1. The predicted octanol–water partition coefficient (Wildman–Crippen LogP) is 4.46. The molecule has 0 bridgehead atoms. The fraction of sp³-hybridized carbons (Fsp3) is 0.238. The summed E-state index contributed by atoms with van der Waals surface area (Å²) in [5, 5.41) is 18.9. The lowest BCUT2D eigenvalue weighted by atomic mass is 10.1. The number of nitrogens with zero attached hydrogens (tertiary/aromatic N) is 4. The molecular formula is C21H21N5OS2. The van der Waals surface area contributed by atoms with E-state index in [2.05, 4.69) is 44.9 Å². The quantitative estimate of drug-likeness (QED) is 0.464. The molecule has 4 rings (SSSR count). The number of aryl methyl sites for hydroxylation is 1. The second kappa shape index (κ2) is 8.34. The molecule has 2 heterocycles. The number of carbonyl (C=O) groups excluding carboxylic acids is 1. The minimum Gasteiger partial charge on any atom is -0.349 e. The van der Waals surface area contributed by atoms with Gasteiger partial charge in [0, 0.05) is 16.6 Å². The molecule has 29 heavy (non-hydrogen) atoms. The Morgan fingerprint density at radius 3 is 2.76 bits per heavy atom. The van der Waals surface area contributed by atoms with Gasteiger partial charge in [-0.2, -0.15) is 5.10 Å². The minimum atomic E-state index is -0.136. The van der Waals surface area contributed by atoms with Gasteiger partial charge in [0.1, 0.15) is 5.01 Å². The molecule has 148 valence electrons. The maximum Gasteiger partial charge on any atom is 0.230 e. The molecule has 0 spiro atoms. The molecule has 4 aromatic rings. The second-order valence-electron chi connectivity index (χ2n) is 6.76. The van der Waals surface area contributed by atoms with E-state index in [1.807, 2.05) is 49.8 Å². The van der Waals surface area contributed by atoms with Gasteiger partial charge in [0.05, 0.1) is 23.7 Å². The van der Waals surface area contributed by atoms with Crippen molar-refractivity contribution in [1.29, 1.82) is 0 Å². The smallest absolute Gasteiger partial charge is 0.230 e. The van der Waals surface area contributed by atoms with Crippen LogP contribution in [-0.4, -0.2) is 31.6 Å². The topological polar surface area (TPSA) is 72.7 Å². The summed E-state index contributed by atoms with van der Waals surface area (Å²) in [5.41, 5.74) is 3.05. The van der Waals surface area contributed by atoms with Gasteiger partial charge in [-0.05, 0) is 32.2 Å². The Bertz CT molecular complexity index is 1160. The van der Waals surface area contributed by atoms with Crippen molar-refractivity contribution in [2.24, 2.45) is 0 Å². The molecular weight excluding hydrogens is 402 g/mol. The fourth-order valence-corrected chi connectivity index (χ4v) is 4.93. The molecule has 0 saturated heterocycles. The average molecular weight is 424 g/mol. The monoisotopic (exact) mass is 423 g/mol. The second-order valence-corrected chi connectivity index (χ2v) is 9.16. The normalized spacial score (nSPS) is 12.2. The van der Waals surface area contributed by atoms with Crippen LogP contribution in [0.5, 0.6) is 0 Å². The van der Waals surface area contributed by atoms with E-state index in [-0.39, 0.29) is 11.9 Å². The highest BCUT2D eigenvalue weighted by molar-refractivity contribution is 8.01. The maximum atomic E-state index is 12.4. The molecule has 2 aromatic carbocycles. The van der Waals surface area contributed by atoms with Crippen LogP contribution in [0.1, 0.15) is 29.2 Å². The highest BCUT2D eigenvalue weighted by Gasteiger charge is 2.17. The van der Waals surface area contributed by atoms with Gasteiger partial charge >= 0.3 is 0 Å². The van der Waals surface area contributed by atoms with E-state index in [9.17, 15) is 4.79 Å². The van der Waals surface area contributed by atoms with E-state index in [0.29, 0.717) is 5.75 Å². The van der Waals surface area contributed by atoms with Crippen molar-refractivity contribution in [3.63, 3.8) is 0 Å². The third-order valence-electron chi connectivity index (χ3n) is 4.72. The Hall–Kier alpha value is -2.71. The third-order valence-corrected chi connectivity index (χ3v) is 6.69. The number of hydrogen-bond donors (Lipinski definition) is 1. The van der Waals surface area contributed by atoms with Crippen molar-refractivity contribution in [2.45, 2.75) is 31.2 Å². The third kappa shape index (κ3) is 4.18. The van der Waals surface area contributed by atoms with Gasteiger partial charge in [0.15, 0.2) is 4.34 Å². The van der Waals surface area contributed by atoms with Crippen LogP contribution >= 0.6 is 23.1 Å². The van der Waals surface area contributed by atoms with E-state index in [0.717, 1.165) is 31.7 Å². The lowest BCUT2D eigenvalue weighted by Crippen LogP contribution is -2.28. The van der Waals surface area contributed by atoms with Crippen molar-refractivity contribution >= 4 is 39.8 Å². The first-order valence-electron chi connectivity index (χ1n) is 9.28. The number of aromatic nitrogens is 4. The number of hydrogen-bond acceptors (Lipinski definition) is 6. The van der Waals surface area contributed by atoms with Crippen LogP contribution in [0.15, 0.2) is 53.0 Å². The van der Waals surface area contributed by atoms with Gasteiger partial charge in [-0.15, -0.1) is 10.2 Å². The summed E-state index contributed by atoms with van der Waals surface area (Å²) in [6.45, 7) is 5.92. The highest BCUT2D eigenvalue weighted by Crippen LogP contribution is 2.26. The number of benzene rings is 2. The Balaban J connectivity index is 1.49. The van der Waals surface area contributed by atoms with E-state index < -0.39 is 0 Å². The molecule has 0 unspecified atom stereocenters. The summed E-state index contributed by atoms with van der Waals surface area (Å²) in [6.07, 6.45) is 1.84. The Kier molecular flexibility index (Phi) is 5.64. The van der Waals surface area contributed by atoms with Gasteiger partial charge in [0.2, 0.25) is 5.91 Å². The van der Waals surface area contributed by atoms with E-state index in [4.69, 9.17) is 0 Å². The van der Waals surface area contributed by atoms with Gasteiger partial charge in [-0.3, -0.25) is 4.79 Å². The van der Waals surface area contributed by atoms with E-state index >= 15 is 0 Å². The molecule has 1 atom stereocenters. The first-order valence-corrected chi connectivity index (χ1v) is 11.1. The highest BCUT2D eigenvalue weighted by atomic mass is 32.2. The predicted molar refractivity (Wildman–Crippen MR) is 118 cm³/mol. The van der Waals surface area contributed by atoms with Crippen LogP contribution in [0.4, 0.5) is 0 Å². The largest absolute Gasteiger partial charge is 0.349 e. The summed E-state index contributed by atoms with van der Waals surface area (Å²) in [5.74, 6) is 0.280. The summed E-state index contributed by atoms with van der Waals surface area (Å²) in [4.78, 5) is 12.4. The van der Waals surface area contributed by atoms with Crippen molar-refractivity contribution in [1.82, 2.24) is 25.3 Å². The summed E-state index contributed by atoms with van der Waals surface area (Å²) in [6, 6.07) is 14.3. The van der Waals surface area contributed by atoms with E-state index in [1.54, 1.807) is 0 Å². The summed E-state index contributed by atoms with van der Waals surface area (Å²) in [7, 11) is 0. The molecule has 0 fully saturated rings. The molecule has 2 aromatic heterocycles. The Morgan fingerprint density at radius 2 is 1.97 bits per heavy atom. The molecule has 1 amide bonds.